The van der Waals surface area contributed by atoms with Gasteiger partial charge in [-0.2, -0.15) is 0 Å². The highest BCUT2D eigenvalue weighted by Crippen LogP contribution is 2.20. The van der Waals surface area contributed by atoms with Crippen LogP contribution in [0.3, 0.4) is 0 Å². The molecule has 2 rings (SSSR count). The molecule has 2 heteroatoms. The molecule has 2 aromatic rings. The lowest BCUT2D eigenvalue weighted by Gasteiger charge is -2.06. The molecule has 18 heavy (non-hydrogen) atoms. The first-order chi connectivity index (χ1) is 8.79. The molecule has 0 aliphatic carbocycles. The lowest BCUT2D eigenvalue weighted by molar-refractivity contribution is 0.292. The van der Waals surface area contributed by atoms with Crippen molar-refractivity contribution < 1.29 is 5.11 Å². The zero-order valence-corrected chi connectivity index (χ0v) is 10.7. The summed E-state index contributed by atoms with van der Waals surface area (Å²) in [6, 6.07) is 17.1. The molecule has 94 valence electrons. The van der Waals surface area contributed by atoms with E-state index in [4.69, 9.17) is 5.11 Å². The third-order valence-electron chi connectivity index (χ3n) is 2.92. The molecule has 0 bridgehead atoms. The highest BCUT2D eigenvalue weighted by Gasteiger charge is 1.98. The summed E-state index contributed by atoms with van der Waals surface area (Å²) in [6.45, 7) is 3.73. The van der Waals surface area contributed by atoms with Gasteiger partial charge in [-0.05, 0) is 23.6 Å². The first-order valence-electron chi connectivity index (χ1n) is 6.27. The summed E-state index contributed by atoms with van der Waals surface area (Å²) in [6.07, 6.45) is 0. The standard InChI is InChI=1S/C16H19NO/c1-13-3-2-4-16(11-13)15-7-5-14(6-8-15)12-17-9-10-18/h2-8,11,17-18H,9-10,12H2,1H3. The highest BCUT2D eigenvalue weighted by atomic mass is 16.3. The van der Waals surface area contributed by atoms with Crippen molar-refractivity contribution in [2.24, 2.45) is 0 Å². The van der Waals surface area contributed by atoms with Crippen LogP contribution in [0.5, 0.6) is 0 Å². The van der Waals surface area contributed by atoms with Gasteiger partial charge in [-0.25, -0.2) is 0 Å². The van der Waals surface area contributed by atoms with Gasteiger partial charge in [0.05, 0.1) is 6.61 Å². The van der Waals surface area contributed by atoms with Crippen molar-refractivity contribution in [2.45, 2.75) is 13.5 Å². The van der Waals surface area contributed by atoms with E-state index in [-0.39, 0.29) is 6.61 Å². The Morgan fingerprint density at radius 3 is 2.44 bits per heavy atom. The zero-order chi connectivity index (χ0) is 12.8. The van der Waals surface area contributed by atoms with E-state index in [2.05, 4.69) is 60.8 Å². The maximum absolute atomic E-state index is 8.70. The van der Waals surface area contributed by atoms with Crippen LogP contribution in [-0.4, -0.2) is 18.3 Å². The Balaban J connectivity index is 2.07. The van der Waals surface area contributed by atoms with Gasteiger partial charge in [-0.15, -0.1) is 0 Å². The minimum Gasteiger partial charge on any atom is -0.395 e. The highest BCUT2D eigenvalue weighted by molar-refractivity contribution is 5.64. The van der Waals surface area contributed by atoms with E-state index in [1.165, 1.54) is 22.3 Å². The molecule has 0 fully saturated rings. The molecule has 0 atom stereocenters. The second-order valence-electron chi connectivity index (χ2n) is 4.47. The second kappa shape index (κ2) is 6.34. The average Bonchev–Trinajstić information content (AvgIpc) is 2.40. The molecule has 0 aliphatic rings. The van der Waals surface area contributed by atoms with Crippen molar-refractivity contribution in [3.05, 3.63) is 59.7 Å². The SMILES string of the molecule is Cc1cccc(-c2ccc(CNCCO)cc2)c1. The maximum atomic E-state index is 8.70. The van der Waals surface area contributed by atoms with Gasteiger partial charge in [-0.1, -0.05) is 54.1 Å². The Hall–Kier alpha value is -1.64. The number of aryl methyl sites for hydroxylation is 1. The van der Waals surface area contributed by atoms with Gasteiger partial charge in [0.1, 0.15) is 0 Å². The van der Waals surface area contributed by atoms with Gasteiger partial charge >= 0.3 is 0 Å². The molecule has 0 spiro atoms. The summed E-state index contributed by atoms with van der Waals surface area (Å²) >= 11 is 0. The fourth-order valence-electron chi connectivity index (χ4n) is 1.95. The van der Waals surface area contributed by atoms with Crippen LogP contribution in [0.15, 0.2) is 48.5 Å². The number of rotatable bonds is 5. The predicted octanol–water partition coefficient (Wildman–Crippen LogP) is 2.74. The lowest BCUT2D eigenvalue weighted by Crippen LogP contribution is -2.17. The van der Waals surface area contributed by atoms with Crippen molar-refractivity contribution in [3.63, 3.8) is 0 Å². The van der Waals surface area contributed by atoms with E-state index in [1.54, 1.807) is 0 Å². The minimum atomic E-state index is 0.182. The summed E-state index contributed by atoms with van der Waals surface area (Å²) in [5.41, 5.74) is 5.01. The van der Waals surface area contributed by atoms with E-state index < -0.39 is 0 Å². The van der Waals surface area contributed by atoms with Crippen molar-refractivity contribution in [1.82, 2.24) is 5.32 Å². The molecule has 0 saturated carbocycles. The van der Waals surface area contributed by atoms with E-state index >= 15 is 0 Å². The normalized spacial score (nSPS) is 10.6. The van der Waals surface area contributed by atoms with Gasteiger partial charge in [0.2, 0.25) is 0 Å². The number of benzene rings is 2. The molecule has 0 amide bonds. The molecule has 0 saturated heterocycles. The van der Waals surface area contributed by atoms with E-state index in [0.717, 1.165) is 6.54 Å². The summed E-state index contributed by atoms with van der Waals surface area (Å²) in [5, 5.41) is 11.9. The molecule has 2 N–H and O–H groups in total. The molecule has 2 aromatic carbocycles. The van der Waals surface area contributed by atoms with E-state index in [9.17, 15) is 0 Å². The monoisotopic (exact) mass is 241 g/mol. The van der Waals surface area contributed by atoms with Gasteiger partial charge in [-0.3, -0.25) is 0 Å². The molecular weight excluding hydrogens is 222 g/mol. The minimum absolute atomic E-state index is 0.182. The Morgan fingerprint density at radius 2 is 1.78 bits per heavy atom. The quantitative estimate of drug-likeness (QED) is 0.789. The third kappa shape index (κ3) is 3.42. The smallest absolute Gasteiger partial charge is 0.0556 e. The summed E-state index contributed by atoms with van der Waals surface area (Å²) in [4.78, 5) is 0. The van der Waals surface area contributed by atoms with E-state index in [0.29, 0.717) is 6.54 Å². The molecule has 0 aromatic heterocycles. The van der Waals surface area contributed by atoms with Crippen LogP contribution >= 0.6 is 0 Å². The average molecular weight is 241 g/mol. The number of aliphatic hydroxyl groups is 1. The number of nitrogens with one attached hydrogen (secondary N) is 1. The van der Waals surface area contributed by atoms with Gasteiger partial charge < -0.3 is 10.4 Å². The fourth-order valence-corrected chi connectivity index (χ4v) is 1.95. The van der Waals surface area contributed by atoms with Crippen LogP contribution in [-0.2, 0) is 6.54 Å². The van der Waals surface area contributed by atoms with Crippen molar-refractivity contribution in [1.29, 1.82) is 0 Å². The Kier molecular flexibility index (Phi) is 4.51. The molecular formula is C16H19NO. The first-order valence-corrected chi connectivity index (χ1v) is 6.27. The molecule has 0 radical (unpaired) electrons. The Labute approximate surface area is 108 Å². The second-order valence-corrected chi connectivity index (χ2v) is 4.47. The number of aliphatic hydroxyl groups excluding tert-OH is 1. The lowest BCUT2D eigenvalue weighted by atomic mass is 10.0. The topological polar surface area (TPSA) is 32.3 Å². The Bertz CT molecular complexity index is 491. The number of hydrogen-bond acceptors (Lipinski definition) is 2. The van der Waals surface area contributed by atoms with Gasteiger partial charge in [0.15, 0.2) is 0 Å². The van der Waals surface area contributed by atoms with Crippen LogP contribution in [0.1, 0.15) is 11.1 Å². The summed E-state index contributed by atoms with van der Waals surface area (Å²) in [7, 11) is 0. The maximum Gasteiger partial charge on any atom is 0.0556 e. The van der Waals surface area contributed by atoms with Crippen molar-refractivity contribution in [2.75, 3.05) is 13.2 Å². The predicted molar refractivity (Wildman–Crippen MR) is 75.4 cm³/mol. The van der Waals surface area contributed by atoms with E-state index in [1.807, 2.05) is 0 Å². The Morgan fingerprint density at radius 1 is 1.00 bits per heavy atom. The molecule has 2 nitrogen and oxygen atoms in total. The van der Waals surface area contributed by atoms with Gasteiger partial charge in [0.25, 0.3) is 0 Å². The van der Waals surface area contributed by atoms with Crippen molar-refractivity contribution in [3.8, 4) is 11.1 Å². The fraction of sp³-hybridized carbons (Fsp3) is 0.250. The van der Waals surface area contributed by atoms with Crippen LogP contribution in [0.25, 0.3) is 11.1 Å². The van der Waals surface area contributed by atoms with Crippen molar-refractivity contribution >= 4 is 0 Å². The summed E-state index contributed by atoms with van der Waals surface area (Å²) in [5.74, 6) is 0. The van der Waals surface area contributed by atoms with Gasteiger partial charge in [0, 0.05) is 13.1 Å². The zero-order valence-electron chi connectivity index (χ0n) is 10.7. The first kappa shape index (κ1) is 12.8. The van der Waals surface area contributed by atoms with Crippen LogP contribution in [0, 0.1) is 6.92 Å². The molecule has 0 aliphatic heterocycles. The molecule has 0 unspecified atom stereocenters. The van der Waals surface area contributed by atoms with Crippen LogP contribution < -0.4 is 5.32 Å². The van der Waals surface area contributed by atoms with Crippen LogP contribution in [0.4, 0.5) is 0 Å². The molecule has 0 heterocycles. The number of hydrogen-bond donors (Lipinski definition) is 2. The summed E-state index contributed by atoms with van der Waals surface area (Å²) < 4.78 is 0. The third-order valence-corrected chi connectivity index (χ3v) is 2.92. The largest absolute Gasteiger partial charge is 0.395 e. The van der Waals surface area contributed by atoms with Crippen LogP contribution in [0.2, 0.25) is 0 Å².